The Morgan fingerprint density at radius 1 is 1.12 bits per heavy atom. The fourth-order valence-corrected chi connectivity index (χ4v) is 3.67. The van der Waals surface area contributed by atoms with Crippen LogP contribution in [0.4, 0.5) is 17.6 Å². The average Bonchev–Trinajstić information content (AvgIpc) is 3.12. The molecule has 0 fully saturated rings. The third-order valence-corrected chi connectivity index (χ3v) is 4.83. The molecule has 0 spiro atoms. The number of H-pyrrole nitrogens is 1. The zero-order chi connectivity index (χ0) is 17.3. The van der Waals surface area contributed by atoms with E-state index in [1.165, 1.54) is 48.8 Å². The molecule has 0 aliphatic heterocycles. The summed E-state index contributed by atoms with van der Waals surface area (Å²) in [6.07, 6.45) is 0. The van der Waals surface area contributed by atoms with Crippen molar-refractivity contribution in [3.05, 3.63) is 47.6 Å². The van der Waals surface area contributed by atoms with Crippen molar-refractivity contribution in [1.29, 1.82) is 0 Å². The molecule has 0 aliphatic carbocycles. The lowest BCUT2D eigenvalue weighted by molar-refractivity contribution is -0.0329. The van der Waals surface area contributed by atoms with Gasteiger partial charge < -0.3 is 9.72 Å². The number of aromatic nitrogens is 1. The molecule has 3 aromatic rings. The topological polar surface area (TPSA) is 25.0 Å². The molecule has 2 nitrogen and oxygen atoms in total. The van der Waals surface area contributed by atoms with E-state index in [0.29, 0.717) is 22.6 Å². The Morgan fingerprint density at radius 3 is 2.42 bits per heavy atom. The van der Waals surface area contributed by atoms with Crippen molar-refractivity contribution in [3.8, 4) is 27.4 Å². The third-order valence-electron chi connectivity index (χ3n) is 3.23. The fraction of sp³-hybridized carbons (Fsp3) is 0.125. The number of rotatable bonds is 4. The predicted octanol–water partition coefficient (Wildman–Crippen LogP) is 6.17. The van der Waals surface area contributed by atoms with Gasteiger partial charge in [0.1, 0.15) is 11.6 Å². The number of hydrogen-bond donors (Lipinski definition) is 1. The zero-order valence-electron chi connectivity index (χ0n) is 12.3. The van der Waals surface area contributed by atoms with E-state index in [4.69, 9.17) is 4.74 Å². The molecule has 126 valence electrons. The molecule has 0 radical (unpaired) electrons. The van der Waals surface area contributed by atoms with E-state index < -0.39 is 11.3 Å². The van der Waals surface area contributed by atoms with Gasteiger partial charge in [-0.05, 0) is 23.8 Å². The molecule has 0 aliphatic rings. The lowest BCUT2D eigenvalue weighted by Gasteiger charge is -2.02. The molecule has 8 heteroatoms. The zero-order valence-corrected chi connectivity index (χ0v) is 13.9. The quantitative estimate of drug-likeness (QED) is 0.437. The maximum atomic E-state index is 13.1. The normalized spacial score (nSPS) is 11.7. The lowest BCUT2D eigenvalue weighted by atomic mass is 10.1. The number of ether oxygens (including phenoxy) is 1. The van der Waals surface area contributed by atoms with Crippen molar-refractivity contribution in [2.75, 3.05) is 7.11 Å². The molecule has 3 rings (SSSR count). The average molecular weight is 373 g/mol. The molecule has 24 heavy (non-hydrogen) atoms. The molecular formula is C16H11F4NOS2. The maximum absolute atomic E-state index is 13.1. The predicted molar refractivity (Wildman–Crippen MR) is 88.0 cm³/mol. The number of benzene rings is 1. The van der Waals surface area contributed by atoms with E-state index in [1.54, 1.807) is 11.4 Å². The summed E-state index contributed by atoms with van der Waals surface area (Å²) in [5, 5.41) is 1.74. The van der Waals surface area contributed by atoms with E-state index in [0.717, 1.165) is 4.88 Å². The molecule has 0 amide bonds. The minimum absolute atomic E-state index is 0.0239. The second kappa shape index (κ2) is 6.52. The number of alkyl halides is 3. The van der Waals surface area contributed by atoms with Crippen molar-refractivity contribution in [3.63, 3.8) is 0 Å². The van der Waals surface area contributed by atoms with Gasteiger partial charge in [-0.25, -0.2) is 4.39 Å². The van der Waals surface area contributed by atoms with Gasteiger partial charge in [-0.3, -0.25) is 0 Å². The lowest BCUT2D eigenvalue weighted by Crippen LogP contribution is -1.98. The number of nitrogens with one attached hydrogen (secondary N) is 1. The van der Waals surface area contributed by atoms with Gasteiger partial charge in [-0.2, -0.15) is 13.2 Å². The number of hydrogen-bond acceptors (Lipinski definition) is 3. The highest BCUT2D eigenvalue weighted by atomic mass is 32.2. The van der Waals surface area contributed by atoms with Crippen LogP contribution in [0.2, 0.25) is 0 Å². The van der Waals surface area contributed by atoms with Crippen LogP contribution >= 0.6 is 23.1 Å². The Labute approximate surface area is 143 Å². The smallest absolute Gasteiger partial charge is 0.447 e. The molecular weight excluding hydrogens is 362 g/mol. The summed E-state index contributed by atoms with van der Waals surface area (Å²) in [6, 6.07) is 8.79. The number of halogens is 4. The number of thioether (sulfide) groups is 1. The molecule has 2 heterocycles. The highest BCUT2D eigenvalue weighted by Gasteiger charge is 2.31. The summed E-state index contributed by atoms with van der Waals surface area (Å²) < 4.78 is 56.3. The van der Waals surface area contributed by atoms with Gasteiger partial charge in [0, 0.05) is 28.8 Å². The van der Waals surface area contributed by atoms with E-state index >= 15 is 0 Å². The molecule has 0 bridgehead atoms. The molecule has 0 saturated heterocycles. The summed E-state index contributed by atoms with van der Waals surface area (Å²) in [5.74, 6) is 0.221. The van der Waals surface area contributed by atoms with Crippen LogP contribution in [-0.4, -0.2) is 17.6 Å². The van der Waals surface area contributed by atoms with Gasteiger partial charge in [0.25, 0.3) is 0 Å². The van der Waals surface area contributed by atoms with Crippen LogP contribution in [0.5, 0.6) is 5.75 Å². The largest absolute Gasteiger partial charge is 0.496 e. The van der Waals surface area contributed by atoms with Crippen LogP contribution in [0.3, 0.4) is 0 Å². The Bertz CT molecular complexity index is 837. The van der Waals surface area contributed by atoms with Gasteiger partial charge in [-0.1, -0.05) is 12.1 Å². The first kappa shape index (κ1) is 16.9. The van der Waals surface area contributed by atoms with E-state index in [9.17, 15) is 17.6 Å². The van der Waals surface area contributed by atoms with Gasteiger partial charge in [0.2, 0.25) is 0 Å². The molecule has 1 N–H and O–H groups in total. The van der Waals surface area contributed by atoms with Crippen molar-refractivity contribution in [1.82, 2.24) is 4.98 Å². The van der Waals surface area contributed by atoms with Crippen LogP contribution < -0.4 is 4.74 Å². The minimum Gasteiger partial charge on any atom is -0.496 e. The standard InChI is InChI=1S/C16H11F4NOS2/c1-22-11-6-13(23-8-11)15-12(9-2-4-10(17)5-3-9)7-14(21-15)24-16(18,19)20/h2-8,21H,1H3. The van der Waals surface area contributed by atoms with Crippen LogP contribution in [0.15, 0.2) is 46.8 Å². The summed E-state index contributed by atoms with van der Waals surface area (Å²) in [6.45, 7) is 0. The third kappa shape index (κ3) is 3.76. The van der Waals surface area contributed by atoms with Gasteiger partial charge >= 0.3 is 5.51 Å². The second-order valence-electron chi connectivity index (χ2n) is 4.83. The van der Waals surface area contributed by atoms with Crippen LogP contribution in [0.25, 0.3) is 21.7 Å². The van der Waals surface area contributed by atoms with Gasteiger partial charge in [0.15, 0.2) is 0 Å². The Balaban J connectivity index is 2.09. The first-order valence-electron chi connectivity index (χ1n) is 6.73. The summed E-state index contributed by atoms with van der Waals surface area (Å²) in [5.41, 5.74) is -2.65. The van der Waals surface area contributed by atoms with Crippen molar-refractivity contribution >= 4 is 23.1 Å². The minimum atomic E-state index is -4.39. The number of thiophene rings is 1. The Morgan fingerprint density at radius 2 is 1.83 bits per heavy atom. The molecule has 1 aromatic carbocycles. The Kier molecular flexibility index (Phi) is 4.60. The first-order chi connectivity index (χ1) is 11.4. The van der Waals surface area contributed by atoms with E-state index in [-0.39, 0.29) is 16.8 Å². The van der Waals surface area contributed by atoms with E-state index in [1.807, 2.05) is 0 Å². The van der Waals surface area contributed by atoms with Crippen LogP contribution in [0, 0.1) is 5.82 Å². The van der Waals surface area contributed by atoms with Gasteiger partial charge in [0.05, 0.1) is 22.7 Å². The molecule has 2 aromatic heterocycles. The number of aromatic amines is 1. The fourth-order valence-electron chi connectivity index (χ4n) is 2.22. The van der Waals surface area contributed by atoms with Gasteiger partial charge in [-0.15, -0.1) is 11.3 Å². The van der Waals surface area contributed by atoms with Crippen molar-refractivity contribution in [2.24, 2.45) is 0 Å². The molecule has 0 unspecified atom stereocenters. The SMILES string of the molecule is COc1csc(-c2[nH]c(SC(F)(F)F)cc2-c2ccc(F)cc2)c1. The highest BCUT2D eigenvalue weighted by molar-refractivity contribution is 8.00. The maximum Gasteiger partial charge on any atom is 0.447 e. The first-order valence-corrected chi connectivity index (χ1v) is 8.43. The van der Waals surface area contributed by atoms with Crippen molar-refractivity contribution in [2.45, 2.75) is 10.5 Å². The molecule has 0 saturated carbocycles. The van der Waals surface area contributed by atoms with Crippen LogP contribution in [0.1, 0.15) is 0 Å². The summed E-state index contributed by atoms with van der Waals surface area (Å²) in [7, 11) is 1.52. The molecule has 0 atom stereocenters. The van der Waals surface area contributed by atoms with Crippen molar-refractivity contribution < 1.29 is 22.3 Å². The Hall–Kier alpha value is -1.93. The monoisotopic (exact) mass is 373 g/mol. The highest BCUT2D eigenvalue weighted by Crippen LogP contribution is 2.43. The van der Waals surface area contributed by atoms with E-state index in [2.05, 4.69) is 4.98 Å². The summed E-state index contributed by atoms with van der Waals surface area (Å²) >= 11 is 1.13. The second-order valence-corrected chi connectivity index (χ2v) is 6.85. The number of methoxy groups -OCH3 is 1. The summed E-state index contributed by atoms with van der Waals surface area (Å²) in [4.78, 5) is 3.55. The van der Waals surface area contributed by atoms with Crippen LogP contribution in [-0.2, 0) is 0 Å².